The molecule has 1 N–H and O–H groups in total. The highest BCUT2D eigenvalue weighted by atomic mass is 16.2. The Bertz CT molecular complexity index is 883. The third-order valence-electron chi connectivity index (χ3n) is 6.25. The first-order valence-corrected chi connectivity index (χ1v) is 10.3. The first-order valence-electron chi connectivity index (χ1n) is 10.3. The van der Waals surface area contributed by atoms with Crippen LogP contribution in [0.4, 0.5) is 0 Å². The molecule has 4 heterocycles. The summed E-state index contributed by atoms with van der Waals surface area (Å²) in [5.41, 5.74) is 5.56. The van der Waals surface area contributed by atoms with E-state index in [0.717, 1.165) is 54.4 Å². The molecule has 0 saturated carbocycles. The lowest BCUT2D eigenvalue weighted by Gasteiger charge is -2.30. The lowest BCUT2D eigenvalue weighted by Crippen LogP contribution is -2.40. The molecule has 2 atom stereocenters. The van der Waals surface area contributed by atoms with Crippen LogP contribution >= 0.6 is 0 Å². The van der Waals surface area contributed by atoms with Crippen molar-refractivity contribution < 1.29 is 4.79 Å². The predicted octanol–water partition coefficient (Wildman–Crippen LogP) is 2.24. The summed E-state index contributed by atoms with van der Waals surface area (Å²) in [6, 6.07) is 0.286. The smallest absolute Gasteiger partial charge is 0.227 e. The molecule has 0 bridgehead atoms. The van der Waals surface area contributed by atoms with Gasteiger partial charge in [-0.3, -0.25) is 9.48 Å². The quantitative estimate of drug-likeness (QED) is 0.878. The van der Waals surface area contributed by atoms with Gasteiger partial charge in [0, 0.05) is 37.0 Å². The largest absolute Gasteiger partial charge is 0.338 e. The number of nitrogens with zero attached hydrogens (tertiary/aromatic N) is 5. The molecule has 2 aliphatic heterocycles. The van der Waals surface area contributed by atoms with Crippen LogP contribution in [-0.2, 0) is 24.3 Å². The van der Waals surface area contributed by atoms with E-state index < -0.39 is 0 Å². The maximum atomic E-state index is 13.0. The Morgan fingerprint density at radius 1 is 1.36 bits per heavy atom. The standard InChI is InChI=1S/C21H30N6O/c1-13(11-27-16(4)14(2)15(3)25-27)21(28)26-9-7-18-17(12-26)10-23-20(24-18)19-6-5-8-22-19/h10,13,19,22H,5-9,11-12H2,1-4H3. The zero-order valence-electron chi connectivity index (χ0n) is 17.3. The molecule has 7 nitrogen and oxygen atoms in total. The zero-order valence-corrected chi connectivity index (χ0v) is 17.3. The van der Waals surface area contributed by atoms with Crippen molar-refractivity contribution in [1.82, 2.24) is 30.0 Å². The number of aryl methyl sites for hydroxylation is 1. The van der Waals surface area contributed by atoms with Crippen LogP contribution in [0.15, 0.2) is 6.20 Å². The number of aromatic nitrogens is 4. The van der Waals surface area contributed by atoms with Crippen LogP contribution in [0.2, 0.25) is 0 Å². The van der Waals surface area contributed by atoms with Crippen LogP contribution in [-0.4, -0.2) is 43.6 Å². The van der Waals surface area contributed by atoms with Gasteiger partial charge in [-0.05, 0) is 45.7 Å². The lowest BCUT2D eigenvalue weighted by atomic mass is 10.0. The van der Waals surface area contributed by atoms with Gasteiger partial charge in [0.15, 0.2) is 0 Å². The summed E-state index contributed by atoms with van der Waals surface area (Å²) in [5.74, 6) is 0.975. The van der Waals surface area contributed by atoms with Crippen LogP contribution in [0.25, 0.3) is 0 Å². The van der Waals surface area contributed by atoms with Crippen LogP contribution in [0.1, 0.15) is 59.8 Å². The molecule has 150 valence electrons. The van der Waals surface area contributed by atoms with E-state index in [0.29, 0.717) is 13.1 Å². The Morgan fingerprint density at radius 3 is 2.86 bits per heavy atom. The number of amides is 1. The summed E-state index contributed by atoms with van der Waals surface area (Å²) < 4.78 is 1.97. The van der Waals surface area contributed by atoms with Crippen LogP contribution in [0.5, 0.6) is 0 Å². The fourth-order valence-corrected chi connectivity index (χ4v) is 4.21. The SMILES string of the molecule is Cc1nn(CC(C)C(=O)N2CCc3nc(C4CCCN4)ncc3C2)c(C)c1C. The molecule has 1 amide bonds. The van der Waals surface area contributed by atoms with Crippen molar-refractivity contribution in [2.45, 2.75) is 66.1 Å². The molecule has 0 aliphatic carbocycles. The van der Waals surface area contributed by atoms with Crippen molar-refractivity contribution in [3.63, 3.8) is 0 Å². The Morgan fingerprint density at radius 2 is 2.18 bits per heavy atom. The Balaban J connectivity index is 1.43. The number of hydrogen-bond acceptors (Lipinski definition) is 5. The third-order valence-corrected chi connectivity index (χ3v) is 6.25. The second kappa shape index (κ2) is 7.62. The van der Waals surface area contributed by atoms with Crippen molar-refractivity contribution in [2.75, 3.05) is 13.1 Å². The second-order valence-corrected chi connectivity index (χ2v) is 8.24. The van der Waals surface area contributed by atoms with Crippen LogP contribution < -0.4 is 5.32 Å². The van der Waals surface area contributed by atoms with E-state index in [2.05, 4.69) is 29.2 Å². The summed E-state index contributed by atoms with van der Waals surface area (Å²) >= 11 is 0. The van der Waals surface area contributed by atoms with Gasteiger partial charge >= 0.3 is 0 Å². The van der Waals surface area contributed by atoms with Gasteiger partial charge in [-0.2, -0.15) is 5.10 Å². The lowest BCUT2D eigenvalue weighted by molar-refractivity contribution is -0.136. The van der Waals surface area contributed by atoms with Crippen molar-refractivity contribution in [2.24, 2.45) is 5.92 Å². The van der Waals surface area contributed by atoms with Gasteiger partial charge in [0.05, 0.1) is 29.9 Å². The summed E-state index contributed by atoms with van der Waals surface area (Å²) in [4.78, 5) is 24.4. The Kier molecular flexibility index (Phi) is 5.19. The number of carbonyl (C=O) groups is 1. The number of rotatable bonds is 4. The normalized spacial score (nSPS) is 20.3. The summed E-state index contributed by atoms with van der Waals surface area (Å²) in [6.45, 7) is 11.1. The highest BCUT2D eigenvalue weighted by Gasteiger charge is 2.28. The number of hydrogen-bond donors (Lipinski definition) is 1. The summed E-state index contributed by atoms with van der Waals surface area (Å²) in [7, 11) is 0. The van der Waals surface area contributed by atoms with E-state index in [1.807, 2.05) is 29.6 Å². The number of nitrogens with one attached hydrogen (secondary N) is 1. The minimum absolute atomic E-state index is 0.109. The van der Waals surface area contributed by atoms with Gasteiger partial charge in [0.1, 0.15) is 5.82 Å². The predicted molar refractivity (Wildman–Crippen MR) is 107 cm³/mol. The van der Waals surface area contributed by atoms with E-state index in [-0.39, 0.29) is 17.9 Å². The van der Waals surface area contributed by atoms with Crippen LogP contribution in [0, 0.1) is 26.7 Å². The average molecular weight is 383 g/mol. The third kappa shape index (κ3) is 3.55. The Hall–Kier alpha value is -2.28. The highest BCUT2D eigenvalue weighted by Crippen LogP contribution is 2.24. The Labute approximate surface area is 166 Å². The molecule has 2 aromatic heterocycles. The number of fused-ring (bicyclic) bond motifs is 1. The van der Waals surface area contributed by atoms with Gasteiger partial charge in [-0.25, -0.2) is 9.97 Å². The topological polar surface area (TPSA) is 75.9 Å². The van der Waals surface area contributed by atoms with Crippen molar-refractivity contribution >= 4 is 5.91 Å². The molecule has 0 aromatic carbocycles. The van der Waals surface area contributed by atoms with E-state index >= 15 is 0 Å². The molecule has 0 radical (unpaired) electrons. The fourth-order valence-electron chi connectivity index (χ4n) is 4.21. The molecular formula is C21H30N6O. The van der Waals surface area contributed by atoms with Gasteiger partial charge in [-0.1, -0.05) is 6.92 Å². The van der Waals surface area contributed by atoms with Gasteiger partial charge in [-0.15, -0.1) is 0 Å². The van der Waals surface area contributed by atoms with E-state index in [1.165, 1.54) is 12.0 Å². The summed E-state index contributed by atoms with van der Waals surface area (Å²) in [6.07, 6.45) is 5.01. The zero-order chi connectivity index (χ0) is 19.8. The first kappa shape index (κ1) is 19.1. The summed E-state index contributed by atoms with van der Waals surface area (Å²) in [5, 5.41) is 8.04. The minimum atomic E-state index is -0.109. The molecule has 4 rings (SSSR count). The highest BCUT2D eigenvalue weighted by molar-refractivity contribution is 5.78. The molecule has 2 unspecified atom stereocenters. The molecule has 1 fully saturated rings. The van der Waals surface area contributed by atoms with Crippen molar-refractivity contribution in [3.8, 4) is 0 Å². The molecule has 2 aliphatic rings. The monoisotopic (exact) mass is 382 g/mol. The molecule has 28 heavy (non-hydrogen) atoms. The van der Waals surface area contributed by atoms with Gasteiger partial charge in [0.2, 0.25) is 5.91 Å². The minimum Gasteiger partial charge on any atom is -0.338 e. The van der Waals surface area contributed by atoms with Crippen molar-refractivity contribution in [3.05, 3.63) is 40.2 Å². The maximum Gasteiger partial charge on any atom is 0.227 e. The van der Waals surface area contributed by atoms with E-state index in [4.69, 9.17) is 4.98 Å². The van der Waals surface area contributed by atoms with Crippen LogP contribution in [0.3, 0.4) is 0 Å². The number of carbonyl (C=O) groups excluding carboxylic acids is 1. The maximum absolute atomic E-state index is 13.0. The van der Waals surface area contributed by atoms with Gasteiger partial charge < -0.3 is 10.2 Å². The molecule has 1 saturated heterocycles. The van der Waals surface area contributed by atoms with Crippen molar-refractivity contribution in [1.29, 1.82) is 0 Å². The first-order chi connectivity index (χ1) is 13.4. The van der Waals surface area contributed by atoms with E-state index in [9.17, 15) is 4.79 Å². The van der Waals surface area contributed by atoms with Gasteiger partial charge in [0.25, 0.3) is 0 Å². The molecule has 0 spiro atoms. The second-order valence-electron chi connectivity index (χ2n) is 8.24. The molecule has 2 aromatic rings. The molecule has 7 heteroatoms. The van der Waals surface area contributed by atoms with E-state index in [1.54, 1.807) is 0 Å². The average Bonchev–Trinajstić information content (AvgIpc) is 3.32. The molecular weight excluding hydrogens is 352 g/mol. The fraction of sp³-hybridized carbons (Fsp3) is 0.619.